The van der Waals surface area contributed by atoms with Crippen LogP contribution in [0.25, 0.3) is 0 Å². The van der Waals surface area contributed by atoms with Gasteiger partial charge in [0.05, 0.1) is 7.11 Å². The van der Waals surface area contributed by atoms with E-state index in [0.717, 1.165) is 30.7 Å². The van der Waals surface area contributed by atoms with E-state index in [0.29, 0.717) is 0 Å². The summed E-state index contributed by atoms with van der Waals surface area (Å²) in [5.41, 5.74) is 2.26. The van der Waals surface area contributed by atoms with Crippen molar-refractivity contribution in [1.82, 2.24) is 5.32 Å². The highest BCUT2D eigenvalue weighted by molar-refractivity contribution is 5.27. The average Bonchev–Trinajstić information content (AvgIpc) is 2.52. The fraction of sp³-hybridized carbons (Fsp3) is 0.333. The molecule has 2 nitrogen and oxygen atoms in total. The highest BCUT2D eigenvalue weighted by Gasteiger charge is 2.11. The minimum atomic E-state index is -0.181. The van der Waals surface area contributed by atoms with Crippen molar-refractivity contribution in [1.29, 1.82) is 0 Å². The van der Waals surface area contributed by atoms with E-state index in [4.69, 9.17) is 4.74 Å². The second-order valence-electron chi connectivity index (χ2n) is 5.05. The van der Waals surface area contributed by atoms with E-state index in [2.05, 4.69) is 24.4 Å². The lowest BCUT2D eigenvalue weighted by Crippen LogP contribution is -2.21. The van der Waals surface area contributed by atoms with Gasteiger partial charge in [-0.1, -0.05) is 31.2 Å². The second-order valence-corrected chi connectivity index (χ2v) is 5.05. The number of aryl methyl sites for hydroxylation is 1. The van der Waals surface area contributed by atoms with Crippen LogP contribution in [-0.2, 0) is 6.42 Å². The summed E-state index contributed by atoms with van der Waals surface area (Å²) in [4.78, 5) is 0. The van der Waals surface area contributed by atoms with Gasteiger partial charge in [-0.05, 0) is 54.8 Å². The Balaban J connectivity index is 2.02. The van der Waals surface area contributed by atoms with Crippen LogP contribution in [0.5, 0.6) is 5.75 Å². The number of hydrogen-bond donors (Lipinski definition) is 1. The molecule has 0 fully saturated rings. The quantitative estimate of drug-likeness (QED) is 0.827. The van der Waals surface area contributed by atoms with Gasteiger partial charge >= 0.3 is 0 Å². The molecule has 0 saturated carbocycles. The molecule has 0 aliphatic rings. The molecule has 0 aliphatic heterocycles. The third-order valence-electron chi connectivity index (χ3n) is 3.58. The molecule has 1 N–H and O–H groups in total. The van der Waals surface area contributed by atoms with E-state index in [-0.39, 0.29) is 11.9 Å². The van der Waals surface area contributed by atoms with Crippen LogP contribution in [0.4, 0.5) is 4.39 Å². The summed E-state index contributed by atoms with van der Waals surface area (Å²) in [7, 11) is 1.67. The monoisotopic (exact) mass is 287 g/mol. The lowest BCUT2D eigenvalue weighted by Gasteiger charge is -2.18. The molecule has 1 unspecified atom stereocenters. The van der Waals surface area contributed by atoms with E-state index in [1.807, 2.05) is 18.2 Å². The first kappa shape index (κ1) is 15.5. The Bertz CT molecular complexity index is 553. The van der Waals surface area contributed by atoms with Crippen molar-refractivity contribution in [2.24, 2.45) is 0 Å². The molecule has 112 valence electrons. The zero-order valence-corrected chi connectivity index (χ0v) is 12.6. The van der Waals surface area contributed by atoms with E-state index in [1.54, 1.807) is 19.2 Å². The van der Waals surface area contributed by atoms with Gasteiger partial charge in [-0.25, -0.2) is 4.39 Å². The third kappa shape index (κ3) is 4.57. The van der Waals surface area contributed by atoms with Crippen molar-refractivity contribution in [3.05, 3.63) is 65.5 Å². The molecule has 0 spiro atoms. The molecular weight excluding hydrogens is 265 g/mol. The molecule has 1 atom stereocenters. The van der Waals surface area contributed by atoms with Gasteiger partial charge in [0.25, 0.3) is 0 Å². The zero-order valence-electron chi connectivity index (χ0n) is 12.6. The van der Waals surface area contributed by atoms with Gasteiger partial charge in [-0.2, -0.15) is 0 Å². The number of methoxy groups -OCH3 is 1. The van der Waals surface area contributed by atoms with Crippen LogP contribution >= 0.6 is 0 Å². The molecule has 0 aliphatic carbocycles. The van der Waals surface area contributed by atoms with E-state index in [1.165, 1.54) is 11.6 Å². The Morgan fingerprint density at radius 1 is 1.14 bits per heavy atom. The van der Waals surface area contributed by atoms with Crippen molar-refractivity contribution in [3.63, 3.8) is 0 Å². The number of nitrogens with one attached hydrogen (secondary N) is 1. The van der Waals surface area contributed by atoms with Gasteiger partial charge in [0.2, 0.25) is 0 Å². The van der Waals surface area contributed by atoms with Gasteiger partial charge in [0.15, 0.2) is 0 Å². The summed E-state index contributed by atoms with van der Waals surface area (Å²) in [5, 5.41) is 3.43. The van der Waals surface area contributed by atoms with Gasteiger partial charge in [-0.3, -0.25) is 0 Å². The molecule has 0 saturated heterocycles. The minimum absolute atomic E-state index is 0.174. The molecule has 2 aromatic rings. The van der Waals surface area contributed by atoms with Crippen molar-refractivity contribution in [2.45, 2.75) is 25.8 Å². The fourth-order valence-electron chi connectivity index (χ4n) is 2.46. The molecule has 3 heteroatoms. The summed E-state index contributed by atoms with van der Waals surface area (Å²) < 4.78 is 18.5. The largest absolute Gasteiger partial charge is 0.497 e. The molecule has 21 heavy (non-hydrogen) atoms. The minimum Gasteiger partial charge on any atom is -0.497 e. The Kier molecular flexibility index (Phi) is 5.76. The maximum Gasteiger partial charge on any atom is 0.123 e. The second kappa shape index (κ2) is 7.79. The maximum atomic E-state index is 13.4. The van der Waals surface area contributed by atoms with Crippen LogP contribution in [0.15, 0.2) is 48.5 Å². The molecular formula is C18H22FNO. The first-order valence-electron chi connectivity index (χ1n) is 7.34. The van der Waals surface area contributed by atoms with E-state index < -0.39 is 0 Å². The van der Waals surface area contributed by atoms with Crippen LogP contribution in [-0.4, -0.2) is 13.7 Å². The summed E-state index contributed by atoms with van der Waals surface area (Å²) in [6.45, 7) is 2.93. The summed E-state index contributed by atoms with van der Waals surface area (Å²) in [6.07, 6.45) is 1.88. The zero-order chi connectivity index (χ0) is 15.1. The van der Waals surface area contributed by atoms with Gasteiger partial charge in [0.1, 0.15) is 11.6 Å². The fourth-order valence-corrected chi connectivity index (χ4v) is 2.46. The van der Waals surface area contributed by atoms with Crippen molar-refractivity contribution < 1.29 is 9.13 Å². The van der Waals surface area contributed by atoms with Crippen LogP contribution in [0.1, 0.15) is 30.5 Å². The number of halogens is 1. The lowest BCUT2D eigenvalue weighted by molar-refractivity contribution is 0.414. The number of rotatable bonds is 7. The van der Waals surface area contributed by atoms with E-state index >= 15 is 0 Å². The molecule has 0 aromatic heterocycles. The molecule has 2 aromatic carbocycles. The van der Waals surface area contributed by atoms with Crippen molar-refractivity contribution in [3.8, 4) is 5.75 Å². The third-order valence-corrected chi connectivity index (χ3v) is 3.58. The Labute approximate surface area is 126 Å². The predicted molar refractivity (Wildman–Crippen MR) is 84.1 cm³/mol. The molecule has 0 amide bonds. The summed E-state index contributed by atoms with van der Waals surface area (Å²) in [6, 6.07) is 15.1. The maximum absolute atomic E-state index is 13.4. The molecule has 0 radical (unpaired) electrons. The average molecular weight is 287 g/mol. The van der Waals surface area contributed by atoms with Gasteiger partial charge < -0.3 is 10.1 Å². The predicted octanol–water partition coefficient (Wildman–Crippen LogP) is 4.12. The lowest BCUT2D eigenvalue weighted by atomic mass is 9.99. The Morgan fingerprint density at radius 3 is 2.52 bits per heavy atom. The molecule has 2 rings (SSSR count). The Morgan fingerprint density at radius 2 is 1.90 bits per heavy atom. The van der Waals surface area contributed by atoms with Crippen molar-refractivity contribution in [2.75, 3.05) is 13.7 Å². The van der Waals surface area contributed by atoms with Crippen LogP contribution in [0.2, 0.25) is 0 Å². The number of hydrogen-bond acceptors (Lipinski definition) is 2. The van der Waals surface area contributed by atoms with Gasteiger partial charge in [-0.15, -0.1) is 0 Å². The van der Waals surface area contributed by atoms with Crippen LogP contribution < -0.4 is 10.1 Å². The standard InChI is InChI=1S/C18H22FNO/c1-3-20-18(15-5-4-6-16(19)13-15)12-9-14-7-10-17(21-2)11-8-14/h4-8,10-11,13,18,20H,3,9,12H2,1-2H3. The Hall–Kier alpha value is -1.87. The normalized spacial score (nSPS) is 12.1. The van der Waals surface area contributed by atoms with Crippen molar-refractivity contribution >= 4 is 0 Å². The molecule has 0 bridgehead atoms. The number of benzene rings is 2. The van der Waals surface area contributed by atoms with Crippen LogP contribution in [0, 0.1) is 5.82 Å². The van der Waals surface area contributed by atoms with Gasteiger partial charge in [0, 0.05) is 6.04 Å². The summed E-state index contributed by atoms with van der Waals surface area (Å²) >= 11 is 0. The highest BCUT2D eigenvalue weighted by atomic mass is 19.1. The highest BCUT2D eigenvalue weighted by Crippen LogP contribution is 2.21. The smallest absolute Gasteiger partial charge is 0.123 e. The topological polar surface area (TPSA) is 21.3 Å². The first-order chi connectivity index (χ1) is 10.2. The van der Waals surface area contributed by atoms with Crippen LogP contribution in [0.3, 0.4) is 0 Å². The number of ether oxygens (including phenoxy) is 1. The summed E-state index contributed by atoms with van der Waals surface area (Å²) in [5.74, 6) is 0.687. The SMILES string of the molecule is CCNC(CCc1ccc(OC)cc1)c1cccc(F)c1. The molecule has 0 heterocycles. The van der Waals surface area contributed by atoms with E-state index in [9.17, 15) is 4.39 Å². The first-order valence-corrected chi connectivity index (χ1v) is 7.34.